The molecular formula is C16H12ClF5N4O3S. The number of amides is 1. The van der Waals surface area contributed by atoms with Crippen LogP contribution in [0.25, 0.3) is 0 Å². The number of aryl methyl sites for hydroxylation is 1. The molecule has 1 atom stereocenters. The van der Waals surface area contributed by atoms with Crippen molar-refractivity contribution in [1.82, 2.24) is 9.29 Å². The first kappa shape index (κ1) is 23.6. The first-order valence-corrected chi connectivity index (χ1v) is 9.69. The molecule has 0 unspecified atom stereocenters. The lowest BCUT2D eigenvalue weighted by Gasteiger charge is -2.16. The Hall–Kier alpha value is -2.69. The number of carbonyl (C=O) groups is 1. The fourth-order valence-corrected chi connectivity index (χ4v) is 3.89. The average molecular weight is 471 g/mol. The number of nitrogens with one attached hydrogen (secondary N) is 2. The van der Waals surface area contributed by atoms with Crippen molar-refractivity contribution >= 4 is 33.2 Å². The summed E-state index contributed by atoms with van der Waals surface area (Å²) in [7, 11) is -3.88. The van der Waals surface area contributed by atoms with Crippen molar-refractivity contribution in [1.29, 1.82) is 5.26 Å². The van der Waals surface area contributed by atoms with E-state index in [0.717, 1.165) is 23.7 Å². The van der Waals surface area contributed by atoms with Crippen LogP contribution in [0, 0.1) is 23.0 Å². The molecule has 1 heterocycles. The molecule has 162 valence electrons. The molecule has 2 aromatic rings. The van der Waals surface area contributed by atoms with E-state index in [1.165, 1.54) is 10.8 Å². The van der Waals surface area contributed by atoms with Gasteiger partial charge in [0.1, 0.15) is 22.7 Å². The lowest BCUT2D eigenvalue weighted by molar-refractivity contribution is -0.147. The molecule has 2 rings (SSSR count). The SMILES string of the molecule is C[C@@H](NS(=O)(=O)c1cn(C)c(C(=O)Nc2cc(Cl)c(F)c(C#N)c2)c1F)C(F)(F)F. The van der Waals surface area contributed by atoms with Crippen molar-refractivity contribution in [3.8, 4) is 6.07 Å². The fourth-order valence-electron chi connectivity index (χ4n) is 2.31. The molecule has 0 saturated heterocycles. The molecule has 0 aliphatic carbocycles. The molecule has 1 aromatic heterocycles. The molecule has 0 saturated carbocycles. The largest absolute Gasteiger partial charge is 0.404 e. The van der Waals surface area contributed by atoms with Gasteiger partial charge in [0, 0.05) is 18.9 Å². The molecular weight excluding hydrogens is 459 g/mol. The van der Waals surface area contributed by atoms with Gasteiger partial charge in [-0.05, 0) is 19.1 Å². The summed E-state index contributed by atoms with van der Waals surface area (Å²) in [5.74, 6) is -3.86. The summed E-state index contributed by atoms with van der Waals surface area (Å²) in [6, 6.07) is 0.826. The Bertz CT molecular complexity index is 1160. The van der Waals surface area contributed by atoms with E-state index < -0.39 is 61.0 Å². The van der Waals surface area contributed by atoms with Crippen LogP contribution in [0.5, 0.6) is 0 Å². The van der Waals surface area contributed by atoms with Gasteiger partial charge >= 0.3 is 6.18 Å². The second kappa shape index (κ2) is 8.21. The molecule has 0 radical (unpaired) electrons. The number of halogens is 6. The highest BCUT2D eigenvalue weighted by Crippen LogP contribution is 2.27. The average Bonchev–Trinajstić information content (AvgIpc) is 2.92. The number of hydrogen-bond acceptors (Lipinski definition) is 4. The van der Waals surface area contributed by atoms with Gasteiger partial charge in [-0.15, -0.1) is 0 Å². The third-order valence-electron chi connectivity index (χ3n) is 3.82. The van der Waals surface area contributed by atoms with Gasteiger partial charge in [0.25, 0.3) is 5.91 Å². The van der Waals surface area contributed by atoms with Crippen LogP contribution in [-0.2, 0) is 17.1 Å². The van der Waals surface area contributed by atoms with Gasteiger partial charge in [0.15, 0.2) is 11.6 Å². The molecule has 30 heavy (non-hydrogen) atoms. The second-order valence-corrected chi connectivity index (χ2v) is 8.13. The minimum atomic E-state index is -4.96. The predicted octanol–water partition coefficient (Wildman–Crippen LogP) is 3.31. The zero-order valence-electron chi connectivity index (χ0n) is 15.1. The van der Waals surface area contributed by atoms with E-state index >= 15 is 0 Å². The number of rotatable bonds is 5. The molecule has 0 spiro atoms. The Kier molecular flexibility index (Phi) is 6.45. The minimum Gasteiger partial charge on any atom is -0.343 e. The summed E-state index contributed by atoms with van der Waals surface area (Å²) in [5.41, 5.74) is -1.55. The van der Waals surface area contributed by atoms with Crippen molar-refractivity contribution in [2.24, 2.45) is 7.05 Å². The third kappa shape index (κ3) is 4.72. The molecule has 0 aliphatic rings. The summed E-state index contributed by atoms with van der Waals surface area (Å²) in [6.45, 7) is 0.525. The maximum absolute atomic E-state index is 14.7. The van der Waals surface area contributed by atoms with Crippen molar-refractivity contribution in [2.75, 3.05) is 5.32 Å². The van der Waals surface area contributed by atoms with Crippen molar-refractivity contribution in [3.05, 3.63) is 46.2 Å². The van der Waals surface area contributed by atoms with E-state index in [1.807, 2.05) is 0 Å². The van der Waals surface area contributed by atoms with Gasteiger partial charge in [0.2, 0.25) is 10.0 Å². The monoisotopic (exact) mass is 470 g/mol. The topological polar surface area (TPSA) is 104 Å². The van der Waals surface area contributed by atoms with Crippen LogP contribution < -0.4 is 10.0 Å². The molecule has 1 aromatic carbocycles. The van der Waals surface area contributed by atoms with Crippen LogP contribution in [-0.4, -0.2) is 31.1 Å². The highest BCUT2D eigenvalue weighted by molar-refractivity contribution is 7.89. The highest BCUT2D eigenvalue weighted by Gasteiger charge is 2.40. The van der Waals surface area contributed by atoms with Crippen molar-refractivity contribution in [3.63, 3.8) is 0 Å². The lowest BCUT2D eigenvalue weighted by atomic mass is 10.2. The normalized spacial score (nSPS) is 13.0. The molecule has 2 N–H and O–H groups in total. The molecule has 0 aliphatic heterocycles. The summed E-state index contributed by atoms with van der Waals surface area (Å²) >= 11 is 5.60. The minimum absolute atomic E-state index is 0.197. The summed E-state index contributed by atoms with van der Waals surface area (Å²) in [5, 5.41) is 10.5. The number of hydrogen-bond donors (Lipinski definition) is 2. The molecule has 14 heteroatoms. The van der Waals surface area contributed by atoms with E-state index in [-0.39, 0.29) is 5.69 Å². The molecule has 1 amide bonds. The first-order chi connectivity index (χ1) is 13.7. The van der Waals surface area contributed by atoms with Crippen LogP contribution in [0.15, 0.2) is 23.2 Å². The third-order valence-corrected chi connectivity index (χ3v) is 5.62. The van der Waals surface area contributed by atoms with Gasteiger partial charge in [-0.1, -0.05) is 11.6 Å². The van der Waals surface area contributed by atoms with Crippen LogP contribution in [0.1, 0.15) is 23.0 Å². The van der Waals surface area contributed by atoms with Gasteiger partial charge < -0.3 is 9.88 Å². The van der Waals surface area contributed by atoms with Gasteiger partial charge in [-0.25, -0.2) is 17.2 Å². The Morgan fingerprint density at radius 1 is 1.27 bits per heavy atom. The number of anilines is 1. The van der Waals surface area contributed by atoms with E-state index in [2.05, 4.69) is 5.32 Å². The summed E-state index contributed by atoms with van der Waals surface area (Å²) < 4.78 is 92.4. The maximum atomic E-state index is 14.7. The molecule has 0 fully saturated rings. The summed E-state index contributed by atoms with van der Waals surface area (Å²) in [4.78, 5) is 11.2. The highest BCUT2D eigenvalue weighted by atomic mass is 35.5. The first-order valence-electron chi connectivity index (χ1n) is 7.83. The molecule has 7 nitrogen and oxygen atoms in total. The van der Waals surface area contributed by atoms with E-state index in [9.17, 15) is 35.2 Å². The van der Waals surface area contributed by atoms with Crippen LogP contribution in [0.4, 0.5) is 27.6 Å². The zero-order valence-corrected chi connectivity index (χ0v) is 16.7. The Balaban J connectivity index is 2.39. The lowest BCUT2D eigenvalue weighted by Crippen LogP contribution is -2.43. The Morgan fingerprint density at radius 2 is 1.87 bits per heavy atom. The quantitative estimate of drug-likeness (QED) is 0.654. The Morgan fingerprint density at radius 3 is 2.40 bits per heavy atom. The second-order valence-electron chi connectivity index (χ2n) is 6.04. The number of aromatic nitrogens is 1. The van der Waals surface area contributed by atoms with Crippen LogP contribution in [0.2, 0.25) is 5.02 Å². The van der Waals surface area contributed by atoms with Crippen molar-refractivity contribution in [2.45, 2.75) is 24.0 Å². The van der Waals surface area contributed by atoms with Crippen LogP contribution in [0.3, 0.4) is 0 Å². The van der Waals surface area contributed by atoms with E-state index in [4.69, 9.17) is 16.9 Å². The van der Waals surface area contributed by atoms with Gasteiger partial charge in [-0.3, -0.25) is 4.79 Å². The number of benzene rings is 1. The number of nitriles is 1. The molecule has 0 bridgehead atoms. The zero-order chi connectivity index (χ0) is 23.0. The number of alkyl halides is 3. The Labute approximate surface area is 172 Å². The number of carbonyl (C=O) groups excluding carboxylic acids is 1. The predicted molar refractivity (Wildman–Crippen MR) is 95.3 cm³/mol. The van der Waals surface area contributed by atoms with Gasteiger partial charge in [0.05, 0.1) is 10.6 Å². The van der Waals surface area contributed by atoms with Crippen molar-refractivity contribution < 1.29 is 35.2 Å². The fraction of sp³-hybridized carbons (Fsp3) is 0.250. The van der Waals surface area contributed by atoms with Gasteiger partial charge in [-0.2, -0.15) is 23.2 Å². The number of nitrogens with zero attached hydrogens (tertiary/aromatic N) is 2. The standard InChI is InChI=1S/C16H12ClF5N4O3S/c1-7(16(20,21)22)25-30(28,29)11-6-26(2)14(13(11)19)15(27)24-9-3-8(5-23)12(18)10(17)4-9/h3-4,6-7,25H,1-2H3,(H,24,27)/t7-/m1/s1. The van der Waals surface area contributed by atoms with E-state index in [1.54, 1.807) is 0 Å². The number of sulfonamides is 1. The summed E-state index contributed by atoms with van der Waals surface area (Å²) in [6.07, 6.45) is -4.30. The smallest absolute Gasteiger partial charge is 0.343 e. The van der Waals surface area contributed by atoms with Crippen LogP contribution >= 0.6 is 11.6 Å². The maximum Gasteiger partial charge on any atom is 0.404 e. The van der Waals surface area contributed by atoms with E-state index in [0.29, 0.717) is 13.1 Å².